The highest BCUT2D eigenvalue weighted by Crippen LogP contribution is 2.33. The van der Waals surface area contributed by atoms with Gasteiger partial charge in [0.05, 0.1) is 22.6 Å². The number of carbonyl (C=O) groups excluding carboxylic acids is 1. The number of pyridine rings is 1. The van der Waals surface area contributed by atoms with Crippen molar-refractivity contribution < 1.29 is 27.8 Å². The average molecular weight is 413 g/mol. The third-order valence-corrected chi connectivity index (χ3v) is 3.79. The molecule has 0 spiro atoms. The molecule has 1 aromatic carbocycles. The number of alkyl halides is 3. The summed E-state index contributed by atoms with van der Waals surface area (Å²) in [5, 5.41) is 15.6. The van der Waals surface area contributed by atoms with Crippen LogP contribution in [0.2, 0.25) is 5.02 Å². The summed E-state index contributed by atoms with van der Waals surface area (Å²) in [6, 6.07) is 8.13. The zero-order valence-corrected chi connectivity index (χ0v) is 14.7. The van der Waals surface area contributed by atoms with Gasteiger partial charge in [0.25, 0.3) is 5.91 Å². The molecule has 2 heterocycles. The molecule has 3 rings (SSSR count). The molecular formula is C17H12ClF3N4O3. The van der Waals surface area contributed by atoms with E-state index in [-0.39, 0.29) is 28.0 Å². The number of amides is 1. The number of anilines is 1. The second-order valence-electron chi connectivity index (χ2n) is 5.46. The Morgan fingerprint density at radius 1 is 1.29 bits per heavy atom. The Morgan fingerprint density at radius 2 is 2.04 bits per heavy atom. The molecule has 0 atom stereocenters. The quantitative estimate of drug-likeness (QED) is 0.667. The van der Waals surface area contributed by atoms with Crippen LogP contribution in [0.15, 0.2) is 48.8 Å². The number of hydrogen-bond donors (Lipinski definition) is 2. The van der Waals surface area contributed by atoms with Gasteiger partial charge in [-0.05, 0) is 18.2 Å². The molecule has 2 N–H and O–H groups in total. The number of rotatable bonds is 5. The van der Waals surface area contributed by atoms with Gasteiger partial charge in [0.15, 0.2) is 18.1 Å². The van der Waals surface area contributed by atoms with Crippen molar-refractivity contribution in [2.24, 2.45) is 0 Å². The van der Waals surface area contributed by atoms with Gasteiger partial charge in [-0.25, -0.2) is 0 Å². The fourth-order valence-electron chi connectivity index (χ4n) is 2.22. The second-order valence-corrected chi connectivity index (χ2v) is 5.87. The van der Waals surface area contributed by atoms with Crippen molar-refractivity contribution in [3.05, 3.63) is 59.5 Å². The Balaban J connectivity index is 1.83. The average Bonchev–Trinajstić information content (AvgIpc) is 3.07. The number of hydrogen-bond acceptors (Lipinski definition) is 5. The summed E-state index contributed by atoms with van der Waals surface area (Å²) in [6.07, 6.45) is -2.24. The Bertz CT molecular complexity index is 1010. The minimum Gasteiger partial charge on any atom is -0.504 e. The normalized spacial score (nSPS) is 11.3. The van der Waals surface area contributed by atoms with Gasteiger partial charge in [-0.3, -0.25) is 9.78 Å². The smallest absolute Gasteiger partial charge is 0.435 e. The first-order valence-corrected chi connectivity index (χ1v) is 8.11. The van der Waals surface area contributed by atoms with E-state index in [2.05, 4.69) is 15.4 Å². The molecule has 0 saturated carbocycles. The van der Waals surface area contributed by atoms with E-state index in [1.165, 1.54) is 24.4 Å². The van der Waals surface area contributed by atoms with E-state index in [9.17, 15) is 23.1 Å². The Labute approximate surface area is 161 Å². The number of ether oxygens (including phenoxy) is 1. The zero-order chi connectivity index (χ0) is 20.3. The van der Waals surface area contributed by atoms with Crippen LogP contribution < -0.4 is 10.1 Å². The van der Waals surface area contributed by atoms with Gasteiger partial charge in [-0.1, -0.05) is 23.7 Å². The molecule has 3 aromatic rings. The van der Waals surface area contributed by atoms with Gasteiger partial charge >= 0.3 is 6.18 Å². The monoisotopic (exact) mass is 412 g/mol. The minimum atomic E-state index is -4.71. The first-order chi connectivity index (χ1) is 13.3. The van der Waals surface area contributed by atoms with Crippen LogP contribution in [0.5, 0.6) is 11.6 Å². The van der Waals surface area contributed by atoms with Crippen molar-refractivity contribution in [3.8, 4) is 17.3 Å². The first kappa shape index (κ1) is 19.5. The van der Waals surface area contributed by atoms with Gasteiger partial charge in [-0.15, -0.1) is 0 Å². The van der Waals surface area contributed by atoms with E-state index in [0.717, 1.165) is 10.9 Å². The lowest BCUT2D eigenvalue weighted by atomic mass is 10.3. The lowest BCUT2D eigenvalue weighted by Gasteiger charge is -2.11. The highest BCUT2D eigenvalue weighted by atomic mass is 35.5. The van der Waals surface area contributed by atoms with Crippen molar-refractivity contribution >= 4 is 23.2 Å². The number of aromatic hydroxyl groups is 1. The Hall–Kier alpha value is -3.27. The van der Waals surface area contributed by atoms with Crippen LogP contribution in [0, 0.1) is 0 Å². The van der Waals surface area contributed by atoms with Crippen LogP contribution in [-0.2, 0) is 11.0 Å². The largest absolute Gasteiger partial charge is 0.504 e. The maximum absolute atomic E-state index is 13.1. The van der Waals surface area contributed by atoms with Crippen LogP contribution in [0.4, 0.5) is 18.9 Å². The Kier molecular flexibility index (Phi) is 5.41. The van der Waals surface area contributed by atoms with Crippen LogP contribution in [-0.4, -0.2) is 32.4 Å². The molecule has 7 nitrogen and oxygen atoms in total. The molecule has 28 heavy (non-hydrogen) atoms. The summed E-state index contributed by atoms with van der Waals surface area (Å²) in [5.74, 6) is -1.30. The molecule has 0 aliphatic carbocycles. The molecule has 0 saturated heterocycles. The second kappa shape index (κ2) is 7.77. The summed E-state index contributed by atoms with van der Waals surface area (Å²) >= 11 is 6.03. The van der Waals surface area contributed by atoms with E-state index in [1.807, 2.05) is 0 Å². The molecule has 146 valence electrons. The minimum absolute atomic E-state index is 0.0826. The number of benzene rings is 1. The van der Waals surface area contributed by atoms with E-state index in [1.54, 1.807) is 12.1 Å². The van der Waals surface area contributed by atoms with E-state index < -0.39 is 24.4 Å². The lowest BCUT2D eigenvalue weighted by molar-refractivity contribution is -0.141. The molecule has 1 amide bonds. The maximum atomic E-state index is 13.1. The van der Waals surface area contributed by atoms with Crippen molar-refractivity contribution in [3.63, 3.8) is 0 Å². The summed E-state index contributed by atoms with van der Waals surface area (Å²) in [7, 11) is 0. The summed E-state index contributed by atoms with van der Waals surface area (Å²) in [5.41, 5.74) is -0.962. The fraction of sp³-hybridized carbons (Fsp3) is 0.118. The van der Waals surface area contributed by atoms with Gasteiger partial charge in [-0.2, -0.15) is 23.0 Å². The van der Waals surface area contributed by atoms with Crippen LogP contribution in [0.1, 0.15) is 5.69 Å². The summed E-state index contributed by atoms with van der Waals surface area (Å²) in [6.45, 7) is -0.630. The van der Waals surface area contributed by atoms with E-state index >= 15 is 0 Å². The zero-order valence-electron chi connectivity index (χ0n) is 13.9. The van der Waals surface area contributed by atoms with Gasteiger partial charge in [0.2, 0.25) is 5.88 Å². The molecular weight excluding hydrogens is 401 g/mol. The molecule has 0 radical (unpaired) electrons. The predicted octanol–water partition coefficient (Wildman–Crippen LogP) is 3.66. The first-order valence-electron chi connectivity index (χ1n) is 7.73. The maximum Gasteiger partial charge on any atom is 0.435 e. The number of carbonyl (C=O) groups is 1. The van der Waals surface area contributed by atoms with Crippen molar-refractivity contribution in [1.82, 2.24) is 14.8 Å². The number of halogens is 4. The van der Waals surface area contributed by atoms with Crippen molar-refractivity contribution in [1.29, 1.82) is 0 Å². The highest BCUT2D eigenvalue weighted by Gasteiger charge is 2.36. The summed E-state index contributed by atoms with van der Waals surface area (Å²) < 4.78 is 45.2. The van der Waals surface area contributed by atoms with Gasteiger partial charge in [0, 0.05) is 12.3 Å². The number of aromatic nitrogens is 3. The standard InChI is InChI=1S/C17H12ClF3N4O3/c18-10-3-1-2-4-12(10)25-16(7-14(24-25)17(19,20)21)28-9-15(27)23-11-5-6-22-8-13(11)26/h1-8,26H,9H2,(H,22,23,27). The van der Waals surface area contributed by atoms with E-state index in [0.29, 0.717) is 6.07 Å². The molecule has 0 bridgehead atoms. The third-order valence-electron chi connectivity index (χ3n) is 3.47. The number of nitrogens with one attached hydrogen (secondary N) is 1. The molecule has 0 fully saturated rings. The van der Waals surface area contributed by atoms with Crippen LogP contribution in [0.3, 0.4) is 0 Å². The molecule has 0 aliphatic heterocycles. The van der Waals surface area contributed by atoms with Crippen molar-refractivity contribution in [2.45, 2.75) is 6.18 Å². The van der Waals surface area contributed by atoms with Gasteiger partial charge in [0.1, 0.15) is 0 Å². The number of para-hydroxylation sites is 1. The van der Waals surface area contributed by atoms with Crippen molar-refractivity contribution in [2.75, 3.05) is 11.9 Å². The van der Waals surface area contributed by atoms with Gasteiger partial charge < -0.3 is 15.2 Å². The predicted molar refractivity (Wildman–Crippen MR) is 93.6 cm³/mol. The molecule has 0 aliphatic rings. The lowest BCUT2D eigenvalue weighted by Crippen LogP contribution is -2.21. The topological polar surface area (TPSA) is 89.3 Å². The Morgan fingerprint density at radius 3 is 2.71 bits per heavy atom. The number of nitrogens with zero attached hydrogens (tertiary/aromatic N) is 3. The summed E-state index contributed by atoms with van der Waals surface area (Å²) in [4.78, 5) is 15.7. The third kappa shape index (κ3) is 4.34. The SMILES string of the molecule is O=C(COc1cc(C(F)(F)F)nn1-c1ccccc1Cl)Nc1ccncc1O. The van der Waals surface area contributed by atoms with Crippen LogP contribution in [0.25, 0.3) is 5.69 Å². The molecule has 0 unspecified atom stereocenters. The van der Waals surface area contributed by atoms with E-state index in [4.69, 9.17) is 16.3 Å². The van der Waals surface area contributed by atoms with Crippen LogP contribution >= 0.6 is 11.6 Å². The highest BCUT2D eigenvalue weighted by molar-refractivity contribution is 6.32. The molecule has 11 heteroatoms. The fourth-order valence-corrected chi connectivity index (χ4v) is 2.43. The molecule has 2 aromatic heterocycles.